The van der Waals surface area contributed by atoms with Crippen LogP contribution in [0.1, 0.15) is 19.1 Å². The van der Waals surface area contributed by atoms with Crippen molar-refractivity contribution in [3.63, 3.8) is 0 Å². The zero-order chi connectivity index (χ0) is 17.0. The summed E-state index contributed by atoms with van der Waals surface area (Å²) in [6, 6.07) is 11.6. The highest BCUT2D eigenvalue weighted by molar-refractivity contribution is 9.10. The molecule has 1 saturated heterocycles. The summed E-state index contributed by atoms with van der Waals surface area (Å²) in [6.07, 6.45) is 1.99. The van der Waals surface area contributed by atoms with Crippen molar-refractivity contribution >= 4 is 51.6 Å². The molecule has 1 aromatic heterocycles. The van der Waals surface area contributed by atoms with Gasteiger partial charge in [0.05, 0.1) is 16.7 Å². The molecule has 2 aromatic rings. The van der Waals surface area contributed by atoms with E-state index >= 15 is 0 Å². The minimum atomic E-state index is -0.0738. The Morgan fingerprint density at radius 3 is 2.71 bits per heavy atom. The summed E-state index contributed by atoms with van der Waals surface area (Å²) in [5.41, 5.74) is 3.57. The first-order chi connectivity index (χ1) is 11.5. The van der Waals surface area contributed by atoms with E-state index in [1.165, 1.54) is 6.21 Å². The number of benzene rings is 1. The maximum Gasteiger partial charge on any atom is 0.242 e. The molecule has 0 bridgehead atoms. The Labute approximate surface area is 158 Å². The van der Waals surface area contributed by atoms with Gasteiger partial charge < -0.3 is 4.42 Å². The van der Waals surface area contributed by atoms with Gasteiger partial charge >= 0.3 is 0 Å². The molecule has 2 heterocycles. The molecule has 7 heteroatoms. The molecule has 126 valence electrons. The third kappa shape index (κ3) is 4.68. The molecule has 0 radical (unpaired) electrons. The summed E-state index contributed by atoms with van der Waals surface area (Å²) in [6.45, 7) is 2.11. The predicted octanol–water partition coefficient (Wildman–Crippen LogP) is 4.75. The topological polar surface area (TPSA) is 54.6 Å². The van der Waals surface area contributed by atoms with Crippen molar-refractivity contribution in [1.82, 2.24) is 5.43 Å². The smallest absolute Gasteiger partial charge is 0.242 e. The van der Waals surface area contributed by atoms with Gasteiger partial charge in [-0.3, -0.25) is 4.79 Å². The van der Waals surface area contributed by atoms with Crippen LogP contribution in [-0.4, -0.2) is 27.7 Å². The molecule has 0 aliphatic carbocycles. The minimum absolute atomic E-state index is 0.0287. The zero-order valence-electron chi connectivity index (χ0n) is 13.1. The van der Waals surface area contributed by atoms with E-state index in [4.69, 9.17) is 4.42 Å². The summed E-state index contributed by atoms with van der Waals surface area (Å²) in [7, 11) is 0. The van der Waals surface area contributed by atoms with Crippen LogP contribution in [-0.2, 0) is 4.79 Å². The molecule has 0 spiro atoms. The summed E-state index contributed by atoms with van der Waals surface area (Å²) in [4.78, 5) is 12.0. The van der Waals surface area contributed by atoms with Crippen molar-refractivity contribution in [2.75, 3.05) is 11.5 Å². The van der Waals surface area contributed by atoms with Crippen molar-refractivity contribution in [3.05, 3.63) is 46.6 Å². The van der Waals surface area contributed by atoms with E-state index < -0.39 is 0 Å². The fraction of sp³-hybridized carbons (Fsp3) is 0.294. The largest absolute Gasteiger partial charge is 0.455 e. The molecule has 1 fully saturated rings. The number of hydrazone groups is 1. The molecule has 0 atom stereocenters. The fourth-order valence-corrected chi connectivity index (χ4v) is 5.44. The van der Waals surface area contributed by atoms with Crippen LogP contribution < -0.4 is 5.43 Å². The van der Waals surface area contributed by atoms with Crippen molar-refractivity contribution in [3.8, 4) is 11.3 Å². The fourth-order valence-electron chi connectivity index (χ4n) is 2.35. The summed E-state index contributed by atoms with van der Waals surface area (Å²) in [5, 5.41) is 3.99. The Morgan fingerprint density at radius 1 is 1.29 bits per heavy atom. The number of thioether (sulfide) groups is 2. The number of carbonyl (C=O) groups is 1. The molecule has 0 saturated carbocycles. The van der Waals surface area contributed by atoms with E-state index in [0.29, 0.717) is 12.2 Å². The second kappa shape index (κ2) is 7.80. The van der Waals surface area contributed by atoms with Gasteiger partial charge in [0.1, 0.15) is 11.5 Å². The molecule has 0 unspecified atom stereocenters. The Bertz CT molecular complexity index is 737. The van der Waals surface area contributed by atoms with Gasteiger partial charge in [-0.2, -0.15) is 5.10 Å². The number of nitrogens with zero attached hydrogens (tertiary/aromatic N) is 1. The molecule has 1 aliphatic heterocycles. The quantitative estimate of drug-likeness (QED) is 0.555. The molecule has 1 amide bonds. The number of carbonyl (C=O) groups excluding carboxylic acids is 1. The number of hydrogen-bond acceptors (Lipinski definition) is 5. The third-order valence-electron chi connectivity index (χ3n) is 3.52. The number of furan rings is 1. The van der Waals surface area contributed by atoms with Gasteiger partial charge in [0.2, 0.25) is 5.91 Å². The first-order valence-corrected chi connectivity index (χ1v) is 10.3. The first-order valence-electron chi connectivity index (χ1n) is 7.50. The Morgan fingerprint density at radius 2 is 2.00 bits per heavy atom. The lowest BCUT2D eigenvalue weighted by Crippen LogP contribution is -2.26. The lowest BCUT2D eigenvalue weighted by atomic mass is 10.2. The molecular formula is C17H17BrN2O2S2. The van der Waals surface area contributed by atoms with Crippen LogP contribution in [0.25, 0.3) is 11.3 Å². The lowest BCUT2D eigenvalue weighted by Gasteiger charge is -2.19. The van der Waals surface area contributed by atoms with Crippen molar-refractivity contribution < 1.29 is 9.21 Å². The van der Waals surface area contributed by atoms with Gasteiger partial charge in [-0.1, -0.05) is 28.1 Å². The van der Waals surface area contributed by atoms with E-state index in [9.17, 15) is 4.79 Å². The Balaban J connectivity index is 1.55. The number of amides is 1. The number of halogens is 1. The van der Waals surface area contributed by atoms with Gasteiger partial charge in [0.25, 0.3) is 0 Å². The maximum atomic E-state index is 12.0. The van der Waals surface area contributed by atoms with Crippen molar-refractivity contribution in [1.29, 1.82) is 0 Å². The first kappa shape index (κ1) is 17.6. The van der Waals surface area contributed by atoms with E-state index in [-0.39, 0.29) is 9.99 Å². The second-order valence-electron chi connectivity index (χ2n) is 5.51. The highest BCUT2D eigenvalue weighted by atomic mass is 79.9. The van der Waals surface area contributed by atoms with Crippen LogP contribution in [0.2, 0.25) is 0 Å². The zero-order valence-corrected chi connectivity index (χ0v) is 16.3. The molecule has 24 heavy (non-hydrogen) atoms. The lowest BCUT2D eigenvalue weighted by molar-refractivity contribution is -0.121. The van der Waals surface area contributed by atoms with Crippen LogP contribution in [0.5, 0.6) is 0 Å². The van der Waals surface area contributed by atoms with Gasteiger partial charge in [-0.25, -0.2) is 5.43 Å². The highest BCUT2D eigenvalue weighted by Crippen LogP contribution is 2.45. The van der Waals surface area contributed by atoms with Crippen molar-refractivity contribution in [2.24, 2.45) is 5.10 Å². The number of nitrogens with one attached hydrogen (secondary N) is 1. The number of rotatable bonds is 5. The van der Waals surface area contributed by atoms with Gasteiger partial charge in [-0.15, -0.1) is 23.5 Å². The molecular weight excluding hydrogens is 408 g/mol. The third-order valence-corrected chi connectivity index (χ3v) is 7.34. The van der Waals surface area contributed by atoms with E-state index in [2.05, 4.69) is 33.4 Å². The summed E-state index contributed by atoms with van der Waals surface area (Å²) in [5.74, 6) is 3.49. The van der Waals surface area contributed by atoms with Gasteiger partial charge in [0.15, 0.2) is 0 Å². The van der Waals surface area contributed by atoms with E-state index in [1.54, 1.807) is 0 Å². The monoisotopic (exact) mass is 424 g/mol. The Hall–Kier alpha value is -1.18. The van der Waals surface area contributed by atoms with E-state index in [1.807, 2.05) is 59.9 Å². The molecule has 1 aromatic carbocycles. The van der Waals surface area contributed by atoms with Crippen molar-refractivity contribution in [2.45, 2.75) is 17.4 Å². The number of hydrogen-bond donors (Lipinski definition) is 1. The standard InChI is InChI=1S/C17H17BrN2O2S2/c1-17(23-8-9-24-17)10-16(21)20-19-11-14-6-7-15(22-14)12-2-4-13(18)5-3-12/h2-7,11H,8-10H2,1H3,(H,20,21)/b19-11-. The van der Waals surface area contributed by atoms with Crippen LogP contribution >= 0.6 is 39.5 Å². The van der Waals surface area contributed by atoms with E-state index in [0.717, 1.165) is 27.3 Å². The van der Waals surface area contributed by atoms with Crippen LogP contribution in [0.15, 0.2) is 50.4 Å². The average molecular weight is 425 g/mol. The van der Waals surface area contributed by atoms with Gasteiger partial charge in [0, 0.05) is 21.5 Å². The molecule has 1 aliphatic rings. The van der Waals surface area contributed by atoms with Gasteiger partial charge in [-0.05, 0) is 31.2 Å². The average Bonchev–Trinajstić information content (AvgIpc) is 3.17. The maximum absolute atomic E-state index is 12.0. The Kier molecular flexibility index (Phi) is 5.73. The summed E-state index contributed by atoms with van der Waals surface area (Å²) < 4.78 is 6.71. The minimum Gasteiger partial charge on any atom is -0.455 e. The van der Waals surface area contributed by atoms with Crippen LogP contribution in [0.4, 0.5) is 0 Å². The second-order valence-corrected chi connectivity index (χ2v) is 9.88. The predicted molar refractivity (Wildman–Crippen MR) is 106 cm³/mol. The molecule has 3 rings (SSSR count). The summed E-state index contributed by atoms with van der Waals surface area (Å²) >= 11 is 7.08. The normalized spacial score (nSPS) is 16.6. The van der Waals surface area contributed by atoms with Crippen LogP contribution in [0.3, 0.4) is 0 Å². The highest BCUT2D eigenvalue weighted by Gasteiger charge is 2.32. The molecule has 4 nitrogen and oxygen atoms in total. The molecule has 1 N–H and O–H groups in total. The SMILES string of the molecule is CC1(CC(=O)N/N=C\c2ccc(-c3ccc(Br)cc3)o2)SCCS1. The van der Waals surface area contributed by atoms with Crippen LogP contribution in [0, 0.1) is 0 Å².